The molecule has 106 valence electrons. The van der Waals surface area contributed by atoms with Gasteiger partial charge in [0.2, 0.25) is 0 Å². The summed E-state index contributed by atoms with van der Waals surface area (Å²) in [5, 5.41) is 0. The number of nitrogens with zero attached hydrogens (tertiary/aromatic N) is 1. The summed E-state index contributed by atoms with van der Waals surface area (Å²) in [5.74, 6) is 0. The van der Waals surface area contributed by atoms with Gasteiger partial charge in [-0.3, -0.25) is 4.90 Å². The van der Waals surface area contributed by atoms with Gasteiger partial charge in [-0.25, -0.2) is 0 Å². The number of halogens is 1. The number of nitrogens with two attached hydrogens (primary N) is 1. The second-order valence-electron chi connectivity index (χ2n) is 6.05. The van der Waals surface area contributed by atoms with E-state index >= 15 is 0 Å². The molecule has 1 fully saturated rings. The third kappa shape index (κ3) is 3.59. The van der Waals surface area contributed by atoms with Gasteiger partial charge in [-0.15, -0.1) is 0 Å². The van der Waals surface area contributed by atoms with E-state index in [4.69, 9.17) is 5.73 Å². The Bertz CT molecular complexity index is 398. The lowest BCUT2D eigenvalue weighted by molar-refractivity contribution is 0.0943. The molecule has 3 heteroatoms. The molecule has 0 spiro atoms. The summed E-state index contributed by atoms with van der Waals surface area (Å²) in [6, 6.07) is 9.33. The zero-order chi connectivity index (χ0) is 13.9. The van der Waals surface area contributed by atoms with Crippen LogP contribution in [0.3, 0.4) is 0 Å². The third-order valence-corrected chi connectivity index (χ3v) is 5.19. The van der Waals surface area contributed by atoms with Crippen LogP contribution in [0.1, 0.15) is 38.2 Å². The van der Waals surface area contributed by atoms with E-state index in [0.717, 1.165) is 10.9 Å². The second kappa shape index (κ2) is 6.38. The maximum absolute atomic E-state index is 6.10. The number of rotatable bonds is 5. The van der Waals surface area contributed by atoms with E-state index in [9.17, 15) is 0 Å². The first kappa shape index (κ1) is 15.0. The van der Waals surface area contributed by atoms with Gasteiger partial charge in [0, 0.05) is 22.6 Å². The molecular weight excluding hydrogens is 300 g/mol. The average Bonchev–Trinajstić information content (AvgIpc) is 2.94. The number of likely N-dealkylation sites (N-methyl/N-ethyl adjacent to an activating group) is 1. The van der Waals surface area contributed by atoms with Crippen molar-refractivity contribution in [2.75, 3.05) is 13.6 Å². The van der Waals surface area contributed by atoms with Gasteiger partial charge in [0.25, 0.3) is 0 Å². The molecule has 2 rings (SSSR count). The lowest BCUT2D eigenvalue weighted by atomic mass is 9.89. The van der Waals surface area contributed by atoms with Gasteiger partial charge in [0.15, 0.2) is 0 Å². The molecular formula is C16H25BrN2. The normalized spacial score (nSPS) is 19.8. The van der Waals surface area contributed by atoms with E-state index in [1.165, 1.54) is 31.2 Å². The Morgan fingerprint density at radius 1 is 1.26 bits per heavy atom. The first-order valence-electron chi connectivity index (χ1n) is 7.22. The standard InChI is InChI=1S/C16H25BrN2/c1-16(12-18,19(2)15-5-3-4-6-15)11-13-7-9-14(17)10-8-13/h7-10,15H,3-6,11-12,18H2,1-2H3. The number of benzene rings is 1. The molecule has 2 nitrogen and oxygen atoms in total. The molecule has 0 amide bonds. The molecule has 1 unspecified atom stereocenters. The van der Waals surface area contributed by atoms with Gasteiger partial charge >= 0.3 is 0 Å². The first-order valence-corrected chi connectivity index (χ1v) is 8.02. The smallest absolute Gasteiger partial charge is 0.0343 e. The highest BCUT2D eigenvalue weighted by Gasteiger charge is 2.33. The van der Waals surface area contributed by atoms with Crippen molar-refractivity contribution in [3.05, 3.63) is 34.3 Å². The molecule has 1 saturated carbocycles. The van der Waals surface area contributed by atoms with Crippen LogP contribution in [0.2, 0.25) is 0 Å². The van der Waals surface area contributed by atoms with E-state index in [0.29, 0.717) is 12.6 Å². The quantitative estimate of drug-likeness (QED) is 0.896. The largest absolute Gasteiger partial charge is 0.329 e. The zero-order valence-electron chi connectivity index (χ0n) is 12.0. The van der Waals surface area contributed by atoms with E-state index in [-0.39, 0.29) is 5.54 Å². The Kier molecular flexibility index (Phi) is 5.04. The topological polar surface area (TPSA) is 29.3 Å². The summed E-state index contributed by atoms with van der Waals surface area (Å²) in [6.07, 6.45) is 6.41. The first-order chi connectivity index (χ1) is 9.05. The van der Waals surface area contributed by atoms with Gasteiger partial charge in [0.1, 0.15) is 0 Å². The van der Waals surface area contributed by atoms with Crippen LogP contribution in [0, 0.1) is 0 Å². The van der Waals surface area contributed by atoms with Crippen molar-refractivity contribution in [3.63, 3.8) is 0 Å². The molecule has 1 aromatic rings. The van der Waals surface area contributed by atoms with Crippen molar-refractivity contribution in [1.29, 1.82) is 0 Å². The van der Waals surface area contributed by atoms with Crippen LogP contribution in [0.25, 0.3) is 0 Å². The van der Waals surface area contributed by atoms with Crippen LogP contribution in [0.4, 0.5) is 0 Å². The molecule has 0 saturated heterocycles. The Balaban J connectivity index is 2.10. The number of hydrogen-bond donors (Lipinski definition) is 1. The highest BCUT2D eigenvalue weighted by Crippen LogP contribution is 2.29. The summed E-state index contributed by atoms with van der Waals surface area (Å²) >= 11 is 3.49. The van der Waals surface area contributed by atoms with Crippen LogP contribution in [-0.2, 0) is 6.42 Å². The van der Waals surface area contributed by atoms with Crippen molar-refractivity contribution in [2.24, 2.45) is 5.73 Å². The molecule has 1 aliphatic rings. The summed E-state index contributed by atoms with van der Waals surface area (Å²) in [4.78, 5) is 2.53. The van der Waals surface area contributed by atoms with Gasteiger partial charge in [0.05, 0.1) is 0 Å². The van der Waals surface area contributed by atoms with E-state index < -0.39 is 0 Å². The highest BCUT2D eigenvalue weighted by atomic mass is 79.9. The number of hydrogen-bond acceptors (Lipinski definition) is 2. The van der Waals surface area contributed by atoms with Gasteiger partial charge < -0.3 is 5.73 Å². The predicted molar refractivity (Wildman–Crippen MR) is 85.3 cm³/mol. The average molecular weight is 325 g/mol. The fraction of sp³-hybridized carbons (Fsp3) is 0.625. The van der Waals surface area contributed by atoms with Crippen LogP contribution >= 0.6 is 15.9 Å². The van der Waals surface area contributed by atoms with E-state index in [1.807, 2.05) is 0 Å². The Morgan fingerprint density at radius 3 is 2.37 bits per heavy atom. The summed E-state index contributed by atoms with van der Waals surface area (Å²) in [7, 11) is 2.25. The monoisotopic (exact) mass is 324 g/mol. The lowest BCUT2D eigenvalue weighted by Crippen LogP contribution is -2.54. The van der Waals surface area contributed by atoms with Crippen LogP contribution in [0.15, 0.2) is 28.7 Å². The van der Waals surface area contributed by atoms with Gasteiger partial charge in [-0.05, 0) is 50.9 Å². The van der Waals surface area contributed by atoms with E-state index in [2.05, 4.69) is 59.1 Å². The SMILES string of the molecule is CN(C1CCCC1)C(C)(CN)Cc1ccc(Br)cc1. The van der Waals surface area contributed by atoms with Crippen LogP contribution in [0.5, 0.6) is 0 Å². The zero-order valence-corrected chi connectivity index (χ0v) is 13.6. The minimum absolute atomic E-state index is 0.0584. The fourth-order valence-corrected chi connectivity index (χ4v) is 3.38. The molecule has 0 heterocycles. The summed E-state index contributed by atoms with van der Waals surface area (Å²) in [5.41, 5.74) is 7.52. The second-order valence-corrected chi connectivity index (χ2v) is 6.97. The third-order valence-electron chi connectivity index (χ3n) is 4.66. The lowest BCUT2D eigenvalue weighted by Gasteiger charge is -2.42. The minimum Gasteiger partial charge on any atom is -0.329 e. The molecule has 1 aromatic carbocycles. The van der Waals surface area contributed by atoms with Crippen LogP contribution < -0.4 is 5.73 Å². The highest BCUT2D eigenvalue weighted by molar-refractivity contribution is 9.10. The molecule has 0 bridgehead atoms. The van der Waals surface area contributed by atoms with Gasteiger partial charge in [-0.2, -0.15) is 0 Å². The molecule has 0 aromatic heterocycles. The summed E-state index contributed by atoms with van der Waals surface area (Å²) in [6.45, 7) is 3.00. The predicted octanol–water partition coefficient (Wildman–Crippen LogP) is 3.58. The van der Waals surface area contributed by atoms with Crippen molar-refractivity contribution in [1.82, 2.24) is 4.90 Å². The summed E-state index contributed by atoms with van der Waals surface area (Å²) < 4.78 is 1.13. The molecule has 2 N–H and O–H groups in total. The van der Waals surface area contributed by atoms with Crippen molar-refractivity contribution < 1.29 is 0 Å². The molecule has 0 aliphatic heterocycles. The van der Waals surface area contributed by atoms with Crippen molar-refractivity contribution >= 4 is 15.9 Å². The molecule has 1 aliphatic carbocycles. The Labute approximate surface area is 125 Å². The maximum atomic E-state index is 6.10. The molecule has 1 atom stereocenters. The van der Waals surface area contributed by atoms with Gasteiger partial charge in [-0.1, -0.05) is 40.9 Å². The fourth-order valence-electron chi connectivity index (χ4n) is 3.12. The van der Waals surface area contributed by atoms with Crippen molar-refractivity contribution in [2.45, 2.75) is 50.6 Å². The van der Waals surface area contributed by atoms with E-state index in [1.54, 1.807) is 0 Å². The minimum atomic E-state index is 0.0584. The Hall–Kier alpha value is -0.380. The van der Waals surface area contributed by atoms with Crippen molar-refractivity contribution in [3.8, 4) is 0 Å². The molecule has 0 radical (unpaired) electrons. The maximum Gasteiger partial charge on any atom is 0.0343 e. The molecule has 19 heavy (non-hydrogen) atoms. The van der Waals surface area contributed by atoms with Crippen LogP contribution in [-0.4, -0.2) is 30.1 Å². The Morgan fingerprint density at radius 2 is 1.84 bits per heavy atom.